The monoisotopic (exact) mass is 835 g/mol. The predicted octanol–water partition coefficient (Wildman–Crippen LogP) is 9.29. The van der Waals surface area contributed by atoms with E-state index in [0.29, 0.717) is 0 Å². The molecule has 0 amide bonds. The fraction of sp³-hybridized carbons (Fsp3) is 0. The van der Waals surface area contributed by atoms with Gasteiger partial charge in [0.05, 0.1) is 0 Å². The molecule has 7 nitrogen and oxygen atoms in total. The van der Waals surface area contributed by atoms with Crippen LogP contribution in [0.2, 0.25) is 0 Å². The molecule has 0 saturated heterocycles. The van der Waals surface area contributed by atoms with Crippen LogP contribution < -0.4 is 0 Å². The smallest absolute Gasteiger partial charge is 0.305 e. The normalized spacial score (nSPS) is 10.6. The molecule has 3 heterocycles. The zero-order chi connectivity index (χ0) is 33.5. The summed E-state index contributed by atoms with van der Waals surface area (Å²) in [5.41, 5.74) is 7.35. The Hall–Kier alpha value is -6.34. The van der Waals surface area contributed by atoms with Crippen LogP contribution in [0.5, 0.6) is 0 Å². The Morgan fingerprint density at radius 2 is 0.843 bits per heavy atom. The summed E-state index contributed by atoms with van der Waals surface area (Å²) in [5.74, 6) is 0. The van der Waals surface area contributed by atoms with Gasteiger partial charge in [-0.3, -0.25) is 0 Å². The van der Waals surface area contributed by atoms with E-state index in [9.17, 15) is 0 Å². The Balaban J connectivity index is 0.000000122. The molecule has 0 aliphatic carbocycles. The van der Waals surface area contributed by atoms with Crippen molar-refractivity contribution in [3.05, 3.63) is 188 Å². The quantitative estimate of drug-likeness (QED) is 0.166. The summed E-state index contributed by atoms with van der Waals surface area (Å²) in [6.07, 6.45) is 1.79. The zero-order valence-electron chi connectivity index (χ0n) is 27.1. The van der Waals surface area contributed by atoms with Gasteiger partial charge in [0.1, 0.15) is 22.1 Å². The molecule has 3 aromatic heterocycles. The summed E-state index contributed by atoms with van der Waals surface area (Å²) < 4.78 is 0. The van der Waals surface area contributed by atoms with E-state index in [-0.39, 0.29) is 20.1 Å². The van der Waals surface area contributed by atoms with Gasteiger partial charge in [0.15, 0.2) is 0 Å². The van der Waals surface area contributed by atoms with E-state index in [1.807, 2.05) is 140 Å². The van der Waals surface area contributed by atoms with Crippen LogP contribution in [0.15, 0.2) is 170 Å². The SMILES string of the molecule is [Ir+3].[c-]1ccc2ccccc2c1-n1nc2ccccc2n1.[c-]1ccc2ccccc2c1-n1nc2ccccc2n1.[c-]1ccccc1-c1ccccn1. The van der Waals surface area contributed by atoms with Gasteiger partial charge in [-0.1, -0.05) is 72.8 Å². The summed E-state index contributed by atoms with van der Waals surface area (Å²) in [7, 11) is 0. The minimum Gasteiger partial charge on any atom is -0.305 e. The molecule has 7 aromatic carbocycles. The molecule has 0 bridgehead atoms. The largest absolute Gasteiger partial charge is 3.00 e. The van der Waals surface area contributed by atoms with Crippen LogP contribution >= 0.6 is 0 Å². The Morgan fingerprint density at radius 1 is 0.392 bits per heavy atom. The summed E-state index contributed by atoms with van der Waals surface area (Å²) in [5, 5.41) is 22.6. The average molecular weight is 835 g/mol. The van der Waals surface area contributed by atoms with Gasteiger partial charge in [0.2, 0.25) is 0 Å². The van der Waals surface area contributed by atoms with E-state index < -0.39 is 0 Å². The molecule has 8 heteroatoms. The van der Waals surface area contributed by atoms with Crippen molar-refractivity contribution in [2.24, 2.45) is 0 Å². The van der Waals surface area contributed by atoms with Gasteiger partial charge in [-0.2, -0.15) is 66.4 Å². The molecule has 0 saturated carbocycles. The van der Waals surface area contributed by atoms with Gasteiger partial charge in [-0.15, -0.1) is 69.6 Å². The minimum atomic E-state index is 0. The van der Waals surface area contributed by atoms with Crippen molar-refractivity contribution in [1.29, 1.82) is 0 Å². The van der Waals surface area contributed by atoms with Crippen molar-refractivity contribution in [2.45, 2.75) is 0 Å². The fourth-order valence-corrected chi connectivity index (χ4v) is 5.62. The molecule has 0 atom stereocenters. The maximum Gasteiger partial charge on any atom is 3.00 e. The maximum atomic E-state index is 4.51. The van der Waals surface area contributed by atoms with Crippen molar-refractivity contribution < 1.29 is 20.1 Å². The van der Waals surface area contributed by atoms with E-state index in [1.165, 1.54) is 0 Å². The van der Waals surface area contributed by atoms with Gasteiger partial charge in [0, 0.05) is 6.20 Å². The zero-order valence-corrected chi connectivity index (χ0v) is 29.5. The Kier molecular flexibility index (Phi) is 10.1. The first-order valence-electron chi connectivity index (χ1n) is 16.1. The van der Waals surface area contributed by atoms with Crippen LogP contribution in [0.3, 0.4) is 0 Å². The second-order valence-corrected chi connectivity index (χ2v) is 11.3. The van der Waals surface area contributed by atoms with Gasteiger partial charge in [-0.05, 0) is 47.4 Å². The Bertz CT molecular complexity index is 2410. The van der Waals surface area contributed by atoms with Crippen LogP contribution in [0.4, 0.5) is 0 Å². The average Bonchev–Trinajstić information content (AvgIpc) is 3.84. The molecule has 10 rings (SSSR count). The molecule has 244 valence electrons. The van der Waals surface area contributed by atoms with Gasteiger partial charge < -0.3 is 4.98 Å². The van der Waals surface area contributed by atoms with Crippen LogP contribution in [0, 0.1) is 18.2 Å². The summed E-state index contributed by atoms with van der Waals surface area (Å²) in [4.78, 5) is 7.54. The number of benzene rings is 7. The summed E-state index contributed by atoms with van der Waals surface area (Å²) in [6, 6.07) is 63.3. The van der Waals surface area contributed by atoms with E-state index in [2.05, 4.69) is 67.8 Å². The van der Waals surface area contributed by atoms with Crippen LogP contribution in [0.25, 0.3) is 66.2 Å². The first kappa shape index (κ1) is 33.2. The summed E-state index contributed by atoms with van der Waals surface area (Å²) >= 11 is 0. The second-order valence-electron chi connectivity index (χ2n) is 11.3. The topological polar surface area (TPSA) is 74.3 Å². The first-order chi connectivity index (χ1) is 24.8. The van der Waals surface area contributed by atoms with E-state index in [1.54, 1.807) is 15.8 Å². The third-order valence-electron chi connectivity index (χ3n) is 8.02. The minimum absolute atomic E-state index is 0. The molecule has 0 aliphatic rings. The van der Waals surface area contributed by atoms with E-state index in [0.717, 1.165) is 66.2 Å². The number of hydrogen-bond donors (Lipinski definition) is 0. The fourth-order valence-electron chi connectivity index (χ4n) is 5.62. The van der Waals surface area contributed by atoms with E-state index in [4.69, 9.17) is 0 Å². The number of fused-ring (bicyclic) bond motifs is 4. The molecular weight excluding hydrogens is 807 g/mol. The third-order valence-corrected chi connectivity index (χ3v) is 8.02. The van der Waals surface area contributed by atoms with E-state index >= 15 is 0 Å². The number of pyridine rings is 1. The molecule has 0 fully saturated rings. The van der Waals surface area contributed by atoms with Crippen molar-refractivity contribution >= 4 is 43.6 Å². The number of aromatic nitrogens is 7. The molecule has 0 N–H and O–H groups in total. The molecule has 10 aromatic rings. The van der Waals surface area contributed by atoms with Crippen LogP contribution in [-0.2, 0) is 20.1 Å². The van der Waals surface area contributed by atoms with Crippen molar-refractivity contribution in [3.63, 3.8) is 0 Å². The standard InChI is InChI=1S/2C16H10N3.C11H8N.Ir/c2*1-2-8-13-12(6-1)7-5-11-16(13)19-17-14-9-3-4-10-15(14)18-19;1-2-6-10(7-3-1)11-8-4-5-9-12-11;/h2*1-10H;1-6,8-9H;/q3*-1;+3. The molecule has 0 radical (unpaired) electrons. The van der Waals surface area contributed by atoms with Crippen molar-refractivity contribution in [2.75, 3.05) is 0 Å². The maximum absolute atomic E-state index is 4.51. The second kappa shape index (κ2) is 15.5. The molecule has 0 spiro atoms. The predicted molar refractivity (Wildman–Crippen MR) is 199 cm³/mol. The van der Waals surface area contributed by atoms with Crippen molar-refractivity contribution in [3.8, 4) is 22.6 Å². The van der Waals surface area contributed by atoms with Gasteiger partial charge in [-0.25, -0.2) is 0 Å². The molecule has 51 heavy (non-hydrogen) atoms. The summed E-state index contributed by atoms with van der Waals surface area (Å²) in [6.45, 7) is 0. The van der Waals surface area contributed by atoms with Gasteiger partial charge in [0.25, 0.3) is 0 Å². The third kappa shape index (κ3) is 7.33. The van der Waals surface area contributed by atoms with Gasteiger partial charge >= 0.3 is 20.1 Å². The Morgan fingerprint density at radius 3 is 1.29 bits per heavy atom. The first-order valence-corrected chi connectivity index (χ1v) is 16.1. The molecule has 0 unspecified atom stereocenters. The number of nitrogens with zero attached hydrogens (tertiary/aromatic N) is 7. The van der Waals surface area contributed by atoms with Crippen molar-refractivity contribution in [1.82, 2.24) is 35.0 Å². The number of rotatable bonds is 3. The molecular formula is C43H28IrN7. The molecule has 0 aliphatic heterocycles. The van der Waals surface area contributed by atoms with Crippen LogP contribution in [-0.4, -0.2) is 35.0 Å². The Labute approximate surface area is 308 Å². The van der Waals surface area contributed by atoms with Crippen LogP contribution in [0.1, 0.15) is 0 Å². The number of hydrogen-bond acceptors (Lipinski definition) is 5.